The molecule has 2 N–H and O–H groups in total. The zero-order valence-electron chi connectivity index (χ0n) is 12.3. The Morgan fingerprint density at radius 2 is 1.45 bits per heavy atom. The number of nitrogens with one attached hydrogen (secondary N) is 2. The Morgan fingerprint density at radius 1 is 0.864 bits per heavy atom. The lowest BCUT2D eigenvalue weighted by molar-refractivity contribution is 0.0926. The van der Waals surface area contributed by atoms with Crippen molar-refractivity contribution < 1.29 is 14.3 Å². The van der Waals surface area contributed by atoms with Crippen LogP contribution in [0.4, 0.5) is 0 Å². The third-order valence-electron chi connectivity index (χ3n) is 3.08. The van der Waals surface area contributed by atoms with Gasteiger partial charge in [-0.1, -0.05) is 30.3 Å². The molecule has 0 unspecified atom stereocenters. The molecular weight excluding hydrogens is 280 g/mol. The predicted octanol–water partition coefficient (Wildman–Crippen LogP) is 1.85. The Hall–Kier alpha value is -2.82. The van der Waals surface area contributed by atoms with Gasteiger partial charge in [-0.05, 0) is 24.3 Å². The van der Waals surface area contributed by atoms with Gasteiger partial charge in [0.05, 0.1) is 12.7 Å². The summed E-state index contributed by atoms with van der Waals surface area (Å²) in [4.78, 5) is 23.9. The van der Waals surface area contributed by atoms with Crippen molar-refractivity contribution in [1.29, 1.82) is 0 Å². The molecule has 5 nitrogen and oxygen atoms in total. The van der Waals surface area contributed by atoms with Crippen molar-refractivity contribution in [1.82, 2.24) is 10.6 Å². The first-order valence-electron chi connectivity index (χ1n) is 6.97. The van der Waals surface area contributed by atoms with Crippen molar-refractivity contribution in [2.45, 2.75) is 0 Å². The molecule has 2 amide bonds. The summed E-state index contributed by atoms with van der Waals surface area (Å²) in [7, 11) is 1.52. The monoisotopic (exact) mass is 298 g/mol. The van der Waals surface area contributed by atoms with Gasteiger partial charge in [0.1, 0.15) is 5.75 Å². The highest BCUT2D eigenvalue weighted by Crippen LogP contribution is 2.16. The Balaban J connectivity index is 1.79. The van der Waals surface area contributed by atoms with Gasteiger partial charge in [-0.3, -0.25) is 9.59 Å². The molecule has 22 heavy (non-hydrogen) atoms. The number of carbonyl (C=O) groups excluding carboxylic acids is 2. The summed E-state index contributed by atoms with van der Waals surface area (Å²) in [6, 6.07) is 15.9. The van der Waals surface area contributed by atoms with E-state index in [1.54, 1.807) is 48.5 Å². The number of hydrogen-bond donors (Lipinski definition) is 2. The molecule has 0 bridgehead atoms. The van der Waals surface area contributed by atoms with Crippen LogP contribution < -0.4 is 15.4 Å². The first-order chi connectivity index (χ1) is 10.7. The second-order valence-corrected chi connectivity index (χ2v) is 4.58. The van der Waals surface area contributed by atoms with E-state index in [1.165, 1.54) is 7.11 Å². The summed E-state index contributed by atoms with van der Waals surface area (Å²) in [5, 5.41) is 5.50. The van der Waals surface area contributed by atoms with Crippen LogP contribution in [0.2, 0.25) is 0 Å². The Kier molecular flexibility index (Phi) is 5.54. The van der Waals surface area contributed by atoms with Gasteiger partial charge in [-0.2, -0.15) is 0 Å². The molecule has 114 valence electrons. The van der Waals surface area contributed by atoms with E-state index in [2.05, 4.69) is 10.6 Å². The van der Waals surface area contributed by atoms with E-state index < -0.39 is 0 Å². The van der Waals surface area contributed by atoms with Crippen molar-refractivity contribution in [3.63, 3.8) is 0 Å². The van der Waals surface area contributed by atoms with E-state index in [9.17, 15) is 9.59 Å². The average Bonchev–Trinajstić information content (AvgIpc) is 2.59. The van der Waals surface area contributed by atoms with Crippen molar-refractivity contribution in [3.8, 4) is 5.75 Å². The number of benzene rings is 2. The largest absolute Gasteiger partial charge is 0.496 e. The molecule has 0 saturated carbocycles. The Bertz CT molecular complexity index is 641. The van der Waals surface area contributed by atoms with Crippen molar-refractivity contribution in [2.75, 3.05) is 20.2 Å². The minimum Gasteiger partial charge on any atom is -0.496 e. The normalized spacial score (nSPS) is 9.86. The summed E-state index contributed by atoms with van der Waals surface area (Å²) in [6.45, 7) is 0.698. The van der Waals surface area contributed by atoms with Crippen LogP contribution in [0, 0.1) is 0 Å². The minimum atomic E-state index is -0.230. The lowest BCUT2D eigenvalue weighted by Crippen LogP contribution is -2.34. The SMILES string of the molecule is COc1ccccc1C(=O)NCCNC(=O)c1ccccc1. The molecule has 0 aromatic heterocycles. The van der Waals surface area contributed by atoms with Gasteiger partial charge in [0.15, 0.2) is 0 Å². The number of ether oxygens (including phenoxy) is 1. The van der Waals surface area contributed by atoms with Gasteiger partial charge in [0, 0.05) is 18.7 Å². The highest BCUT2D eigenvalue weighted by Gasteiger charge is 2.10. The van der Waals surface area contributed by atoms with Crippen LogP contribution in [-0.2, 0) is 0 Å². The molecule has 0 aliphatic rings. The highest BCUT2D eigenvalue weighted by atomic mass is 16.5. The maximum atomic E-state index is 12.0. The lowest BCUT2D eigenvalue weighted by atomic mass is 10.2. The number of carbonyl (C=O) groups is 2. The Morgan fingerprint density at radius 3 is 2.14 bits per heavy atom. The quantitative estimate of drug-likeness (QED) is 0.800. The molecule has 0 spiro atoms. The molecule has 2 aromatic carbocycles. The zero-order chi connectivity index (χ0) is 15.8. The summed E-state index contributed by atoms with van der Waals surface area (Å²) in [6.07, 6.45) is 0. The molecule has 0 aliphatic carbocycles. The molecule has 0 atom stereocenters. The fraction of sp³-hybridized carbons (Fsp3) is 0.176. The number of para-hydroxylation sites is 1. The van der Waals surface area contributed by atoms with Gasteiger partial charge >= 0.3 is 0 Å². The first-order valence-corrected chi connectivity index (χ1v) is 6.97. The lowest BCUT2D eigenvalue weighted by Gasteiger charge is -2.09. The van der Waals surface area contributed by atoms with Crippen LogP contribution in [0.1, 0.15) is 20.7 Å². The van der Waals surface area contributed by atoms with Crippen LogP contribution >= 0.6 is 0 Å². The fourth-order valence-corrected chi connectivity index (χ4v) is 1.97. The maximum absolute atomic E-state index is 12.0. The van der Waals surface area contributed by atoms with E-state index in [0.717, 1.165) is 0 Å². The van der Waals surface area contributed by atoms with Crippen LogP contribution in [0.15, 0.2) is 54.6 Å². The van der Waals surface area contributed by atoms with Crippen LogP contribution in [0.5, 0.6) is 5.75 Å². The van der Waals surface area contributed by atoms with Crippen molar-refractivity contribution in [2.24, 2.45) is 0 Å². The second kappa shape index (κ2) is 7.83. The third kappa shape index (κ3) is 4.09. The van der Waals surface area contributed by atoms with Gasteiger partial charge in [0.25, 0.3) is 11.8 Å². The van der Waals surface area contributed by atoms with E-state index in [0.29, 0.717) is 30.0 Å². The Labute approximate surface area is 129 Å². The highest BCUT2D eigenvalue weighted by molar-refractivity contribution is 5.97. The third-order valence-corrected chi connectivity index (χ3v) is 3.08. The van der Waals surface area contributed by atoms with Gasteiger partial charge in [0.2, 0.25) is 0 Å². The van der Waals surface area contributed by atoms with E-state index in [1.807, 2.05) is 6.07 Å². The standard InChI is InChI=1S/C17H18N2O3/c1-22-15-10-6-5-9-14(15)17(21)19-12-11-18-16(20)13-7-3-2-4-8-13/h2-10H,11-12H2,1H3,(H,18,20)(H,19,21). The van der Waals surface area contributed by atoms with Crippen LogP contribution in [-0.4, -0.2) is 32.0 Å². The molecule has 2 rings (SSSR count). The minimum absolute atomic E-state index is 0.160. The summed E-state index contributed by atoms with van der Waals surface area (Å²) in [5.74, 6) is 0.131. The molecule has 0 radical (unpaired) electrons. The van der Waals surface area contributed by atoms with Gasteiger partial charge < -0.3 is 15.4 Å². The molecule has 0 fully saturated rings. The average molecular weight is 298 g/mol. The molecular formula is C17H18N2O3. The molecule has 0 saturated heterocycles. The topological polar surface area (TPSA) is 67.4 Å². The molecule has 2 aromatic rings. The van der Waals surface area contributed by atoms with E-state index in [4.69, 9.17) is 4.74 Å². The van der Waals surface area contributed by atoms with Gasteiger partial charge in [-0.15, -0.1) is 0 Å². The smallest absolute Gasteiger partial charge is 0.255 e. The summed E-state index contributed by atoms with van der Waals surface area (Å²) >= 11 is 0. The van der Waals surface area contributed by atoms with Crippen molar-refractivity contribution in [3.05, 3.63) is 65.7 Å². The number of methoxy groups -OCH3 is 1. The molecule has 0 aliphatic heterocycles. The van der Waals surface area contributed by atoms with Crippen LogP contribution in [0.25, 0.3) is 0 Å². The van der Waals surface area contributed by atoms with Crippen molar-refractivity contribution >= 4 is 11.8 Å². The predicted molar refractivity (Wildman–Crippen MR) is 84.1 cm³/mol. The number of amides is 2. The number of rotatable bonds is 6. The van der Waals surface area contributed by atoms with Crippen LogP contribution in [0.3, 0.4) is 0 Å². The molecule has 0 heterocycles. The van der Waals surface area contributed by atoms with E-state index in [-0.39, 0.29) is 11.8 Å². The fourth-order valence-electron chi connectivity index (χ4n) is 1.97. The number of hydrogen-bond acceptors (Lipinski definition) is 3. The van der Waals surface area contributed by atoms with Gasteiger partial charge in [-0.25, -0.2) is 0 Å². The second-order valence-electron chi connectivity index (χ2n) is 4.58. The summed E-state index contributed by atoms with van der Waals surface area (Å²) in [5.41, 5.74) is 1.07. The maximum Gasteiger partial charge on any atom is 0.255 e. The van der Waals surface area contributed by atoms with E-state index >= 15 is 0 Å². The summed E-state index contributed by atoms with van der Waals surface area (Å²) < 4.78 is 5.14. The molecule has 5 heteroatoms. The first kappa shape index (κ1) is 15.6. The zero-order valence-corrected chi connectivity index (χ0v) is 12.3.